The van der Waals surface area contributed by atoms with Gasteiger partial charge < -0.3 is 14.6 Å². The van der Waals surface area contributed by atoms with Crippen molar-refractivity contribution in [1.29, 1.82) is 0 Å². The summed E-state index contributed by atoms with van der Waals surface area (Å²) in [6.45, 7) is 4.04. The van der Waals surface area contributed by atoms with E-state index in [0.29, 0.717) is 12.8 Å². The zero-order valence-corrected chi connectivity index (χ0v) is 40.0. The van der Waals surface area contributed by atoms with E-state index in [2.05, 4.69) is 62.5 Å². The molecule has 0 aromatic rings. The van der Waals surface area contributed by atoms with E-state index in [9.17, 15) is 14.7 Å². The summed E-state index contributed by atoms with van der Waals surface area (Å²) in [6.07, 6.45) is 66.6. The zero-order valence-electron chi connectivity index (χ0n) is 40.0. The summed E-state index contributed by atoms with van der Waals surface area (Å²) in [6, 6.07) is 0. The molecule has 0 aliphatic rings. The van der Waals surface area contributed by atoms with Crippen molar-refractivity contribution in [3.05, 3.63) is 48.6 Å². The van der Waals surface area contributed by atoms with Crippen LogP contribution in [0.25, 0.3) is 0 Å². The first kappa shape index (κ1) is 57.9. The lowest BCUT2D eigenvalue weighted by atomic mass is 10.0. The van der Waals surface area contributed by atoms with E-state index in [1.807, 2.05) is 0 Å². The van der Waals surface area contributed by atoms with Crippen LogP contribution in [0.15, 0.2) is 48.6 Å². The molecule has 0 aromatic heterocycles. The Kier molecular flexibility index (Phi) is 49.4. The summed E-state index contributed by atoms with van der Waals surface area (Å²) in [7, 11) is 0. The molecule has 0 saturated carbocycles. The lowest BCUT2D eigenvalue weighted by Gasteiger charge is -2.15. The van der Waals surface area contributed by atoms with E-state index >= 15 is 0 Å². The van der Waals surface area contributed by atoms with Crippen molar-refractivity contribution in [2.24, 2.45) is 0 Å². The van der Waals surface area contributed by atoms with E-state index in [-0.39, 0.29) is 25.2 Å². The van der Waals surface area contributed by atoms with Gasteiger partial charge in [-0.15, -0.1) is 0 Å². The lowest BCUT2D eigenvalue weighted by molar-refractivity contribution is -0.161. The van der Waals surface area contributed by atoms with Crippen LogP contribution in [0, 0.1) is 0 Å². The summed E-state index contributed by atoms with van der Waals surface area (Å²) < 4.78 is 10.7. The molecule has 0 rings (SSSR count). The molecule has 1 atom stereocenters. The van der Waals surface area contributed by atoms with Gasteiger partial charge in [0.25, 0.3) is 0 Å². The Morgan fingerprint density at radius 3 is 1.10 bits per heavy atom. The number of allylic oxidation sites excluding steroid dienone is 8. The number of rotatable bonds is 48. The third kappa shape index (κ3) is 48.5. The smallest absolute Gasteiger partial charge is 0.306 e. The Bertz CT molecular complexity index is 997. The fourth-order valence-electron chi connectivity index (χ4n) is 7.68. The molecule has 60 heavy (non-hydrogen) atoms. The van der Waals surface area contributed by atoms with Gasteiger partial charge in [-0.05, 0) is 70.6 Å². The van der Waals surface area contributed by atoms with Crippen molar-refractivity contribution in [3.63, 3.8) is 0 Å². The Labute approximate surface area is 373 Å². The molecule has 0 saturated heterocycles. The summed E-state index contributed by atoms with van der Waals surface area (Å²) in [4.78, 5) is 24.4. The molecule has 0 heterocycles. The molecule has 1 N–H and O–H groups in total. The Morgan fingerprint density at radius 1 is 0.400 bits per heavy atom. The van der Waals surface area contributed by atoms with Gasteiger partial charge in [-0.2, -0.15) is 0 Å². The maximum Gasteiger partial charge on any atom is 0.306 e. The minimum absolute atomic E-state index is 0.0711. The lowest BCUT2D eigenvalue weighted by Crippen LogP contribution is -2.28. The van der Waals surface area contributed by atoms with Crippen molar-refractivity contribution in [1.82, 2.24) is 0 Å². The number of hydrogen-bond donors (Lipinski definition) is 1. The third-order valence-electron chi connectivity index (χ3n) is 11.6. The average molecular weight is 841 g/mol. The van der Waals surface area contributed by atoms with Gasteiger partial charge >= 0.3 is 11.9 Å². The molecule has 1 unspecified atom stereocenters. The minimum atomic E-state index is -0.780. The van der Waals surface area contributed by atoms with Crippen molar-refractivity contribution < 1.29 is 24.2 Å². The van der Waals surface area contributed by atoms with Crippen molar-refractivity contribution in [2.45, 2.75) is 277 Å². The molecule has 0 radical (unpaired) electrons. The highest BCUT2D eigenvalue weighted by Gasteiger charge is 2.16. The molecule has 5 nitrogen and oxygen atoms in total. The number of hydrogen-bond acceptors (Lipinski definition) is 5. The van der Waals surface area contributed by atoms with Gasteiger partial charge in [0.15, 0.2) is 6.10 Å². The standard InChI is InChI=1S/C55H100O5/c1-3-5-7-9-11-13-15-17-19-20-21-22-23-24-25-26-27-28-29-30-31-32-33-34-36-37-39-41-43-45-47-49-54(57)59-52-53(51-56)60-55(58)50-48-46-44-42-40-38-35-18-16-14-12-10-8-6-4-2/h6,8,12,14,18,20-21,35,53,56H,3-5,7,9-11,13,15-17,19,22-34,36-52H2,1-2H3/b8-6-,14-12-,21-20-,35-18-. The second-order valence-electron chi connectivity index (χ2n) is 17.6. The highest BCUT2D eigenvalue weighted by Crippen LogP contribution is 2.16. The zero-order chi connectivity index (χ0) is 43.5. The van der Waals surface area contributed by atoms with E-state index < -0.39 is 6.10 Å². The van der Waals surface area contributed by atoms with Gasteiger partial charge in [0.1, 0.15) is 6.61 Å². The molecule has 0 aliphatic carbocycles. The van der Waals surface area contributed by atoms with Crippen LogP contribution in [0.4, 0.5) is 0 Å². The molecule has 0 fully saturated rings. The number of aliphatic hydroxyl groups excluding tert-OH is 1. The summed E-state index contributed by atoms with van der Waals surface area (Å²) in [5.41, 5.74) is 0. The first-order valence-electron chi connectivity index (χ1n) is 26.2. The maximum atomic E-state index is 12.2. The summed E-state index contributed by atoms with van der Waals surface area (Å²) >= 11 is 0. The Balaban J connectivity index is 3.43. The number of aliphatic hydroxyl groups is 1. The largest absolute Gasteiger partial charge is 0.462 e. The van der Waals surface area contributed by atoms with Gasteiger partial charge in [0, 0.05) is 12.8 Å². The minimum Gasteiger partial charge on any atom is -0.462 e. The first-order chi connectivity index (χ1) is 29.6. The quantitative estimate of drug-likeness (QED) is 0.0375. The van der Waals surface area contributed by atoms with Crippen molar-refractivity contribution >= 4 is 11.9 Å². The topological polar surface area (TPSA) is 72.8 Å². The van der Waals surface area contributed by atoms with E-state index in [4.69, 9.17) is 9.47 Å². The van der Waals surface area contributed by atoms with Gasteiger partial charge in [-0.3, -0.25) is 9.59 Å². The number of carbonyl (C=O) groups is 2. The van der Waals surface area contributed by atoms with E-state index in [0.717, 1.165) is 70.6 Å². The summed E-state index contributed by atoms with van der Waals surface area (Å²) in [5.74, 6) is -0.602. The van der Waals surface area contributed by atoms with Crippen LogP contribution in [0.5, 0.6) is 0 Å². The van der Waals surface area contributed by atoms with Gasteiger partial charge in [0.05, 0.1) is 6.61 Å². The van der Waals surface area contributed by atoms with Crippen molar-refractivity contribution in [3.8, 4) is 0 Å². The fourth-order valence-corrected chi connectivity index (χ4v) is 7.68. The Hall–Kier alpha value is -2.14. The van der Waals surface area contributed by atoms with Crippen LogP contribution in [0.3, 0.4) is 0 Å². The molecular formula is C55H100O5. The molecular weight excluding hydrogens is 741 g/mol. The van der Waals surface area contributed by atoms with Crippen LogP contribution in [-0.4, -0.2) is 36.4 Å². The number of ether oxygens (including phenoxy) is 2. The normalized spacial score (nSPS) is 12.5. The van der Waals surface area contributed by atoms with Gasteiger partial charge in [0.2, 0.25) is 0 Å². The second-order valence-corrected chi connectivity index (χ2v) is 17.6. The van der Waals surface area contributed by atoms with E-state index in [1.54, 1.807) is 0 Å². The van der Waals surface area contributed by atoms with Gasteiger partial charge in [-0.1, -0.05) is 236 Å². The third-order valence-corrected chi connectivity index (χ3v) is 11.6. The second kappa shape index (κ2) is 51.2. The molecule has 0 bridgehead atoms. The predicted molar refractivity (Wildman–Crippen MR) is 261 cm³/mol. The molecule has 350 valence electrons. The molecule has 0 aliphatic heterocycles. The van der Waals surface area contributed by atoms with E-state index in [1.165, 1.54) is 173 Å². The molecule has 0 amide bonds. The van der Waals surface area contributed by atoms with Gasteiger partial charge in [-0.25, -0.2) is 0 Å². The molecule has 5 heteroatoms. The molecule has 0 aromatic carbocycles. The van der Waals surface area contributed by atoms with Crippen LogP contribution < -0.4 is 0 Å². The van der Waals surface area contributed by atoms with Crippen LogP contribution >= 0.6 is 0 Å². The highest BCUT2D eigenvalue weighted by atomic mass is 16.6. The van der Waals surface area contributed by atoms with Crippen molar-refractivity contribution in [2.75, 3.05) is 13.2 Å². The summed E-state index contributed by atoms with van der Waals surface area (Å²) in [5, 5.41) is 9.61. The Morgan fingerprint density at radius 2 is 0.717 bits per heavy atom. The molecule has 0 spiro atoms. The fraction of sp³-hybridized carbons (Fsp3) is 0.818. The number of esters is 2. The highest BCUT2D eigenvalue weighted by molar-refractivity contribution is 5.70. The SMILES string of the molecule is CC/C=C\C/C=C\C/C=C\CCCCCCCC(=O)OC(CO)COC(=O)CCCCCCCCCCCCCCCCCCCCC/C=C\CCCCCCCCCC. The first-order valence-corrected chi connectivity index (χ1v) is 26.2. The van der Waals surface area contributed by atoms with Crippen LogP contribution in [-0.2, 0) is 19.1 Å². The maximum absolute atomic E-state index is 12.2. The number of carbonyl (C=O) groups excluding carboxylic acids is 2. The average Bonchev–Trinajstić information content (AvgIpc) is 3.25. The monoisotopic (exact) mass is 841 g/mol. The van der Waals surface area contributed by atoms with Crippen LogP contribution in [0.2, 0.25) is 0 Å². The number of unbranched alkanes of at least 4 members (excludes halogenated alkanes) is 32. The van der Waals surface area contributed by atoms with Crippen LogP contribution in [0.1, 0.15) is 271 Å². The predicted octanol–water partition coefficient (Wildman–Crippen LogP) is 17.3.